The highest BCUT2D eigenvalue weighted by molar-refractivity contribution is 7.89. The van der Waals surface area contributed by atoms with Crippen LogP contribution in [0, 0.1) is 11.6 Å². The van der Waals surface area contributed by atoms with Crippen LogP contribution in [0.2, 0.25) is 5.02 Å². The molecule has 0 heterocycles. The molecule has 8 heteroatoms. The fourth-order valence-corrected chi connectivity index (χ4v) is 3.17. The van der Waals surface area contributed by atoms with E-state index < -0.39 is 26.6 Å². The van der Waals surface area contributed by atoms with E-state index in [2.05, 4.69) is 0 Å². The Morgan fingerprint density at radius 2 is 1.83 bits per heavy atom. The van der Waals surface area contributed by atoms with Crippen molar-refractivity contribution in [2.45, 2.75) is 4.90 Å². The number of likely N-dealkylation sites (N-methyl/N-ethyl adjacent to an activating group) is 1. The van der Waals surface area contributed by atoms with E-state index in [-0.39, 0.29) is 23.9 Å². The minimum Gasteiger partial charge on any atom is -0.489 e. The van der Waals surface area contributed by atoms with E-state index in [9.17, 15) is 17.2 Å². The fourth-order valence-electron chi connectivity index (χ4n) is 1.82. The standard InChI is InChI=1S/C15H14ClF2NO3S/c1-19(8-9-22-14-5-3-2-4-12(14)17)23(20,21)15-7-6-11(16)10-13(15)18/h2-7,10H,8-9H2,1H3. The summed E-state index contributed by atoms with van der Waals surface area (Å²) in [4.78, 5) is -0.477. The van der Waals surface area contributed by atoms with Crippen LogP contribution in [0.25, 0.3) is 0 Å². The lowest BCUT2D eigenvalue weighted by Gasteiger charge is -2.18. The number of hydrogen-bond donors (Lipinski definition) is 0. The second-order valence-electron chi connectivity index (χ2n) is 4.68. The molecule has 0 spiro atoms. The van der Waals surface area contributed by atoms with Crippen molar-refractivity contribution in [2.24, 2.45) is 0 Å². The van der Waals surface area contributed by atoms with Gasteiger partial charge in [-0.25, -0.2) is 17.2 Å². The Hall–Kier alpha value is -1.70. The molecule has 4 nitrogen and oxygen atoms in total. The van der Waals surface area contributed by atoms with Gasteiger partial charge in [-0.1, -0.05) is 23.7 Å². The van der Waals surface area contributed by atoms with E-state index in [0.29, 0.717) is 0 Å². The van der Waals surface area contributed by atoms with E-state index in [1.54, 1.807) is 6.07 Å². The molecule has 0 saturated carbocycles. The summed E-state index contributed by atoms with van der Waals surface area (Å²) in [7, 11) is -2.74. The second-order valence-corrected chi connectivity index (χ2v) is 7.13. The molecule has 2 aromatic rings. The van der Waals surface area contributed by atoms with Crippen LogP contribution >= 0.6 is 11.6 Å². The minimum absolute atomic E-state index is 0.0240. The van der Waals surface area contributed by atoms with Crippen LogP contribution in [-0.4, -0.2) is 32.9 Å². The zero-order valence-electron chi connectivity index (χ0n) is 12.2. The van der Waals surface area contributed by atoms with Crippen LogP contribution in [-0.2, 0) is 10.0 Å². The Morgan fingerprint density at radius 3 is 2.48 bits per heavy atom. The third-order valence-corrected chi connectivity index (χ3v) is 5.21. The average molecular weight is 362 g/mol. The zero-order chi connectivity index (χ0) is 17.0. The highest BCUT2D eigenvalue weighted by Crippen LogP contribution is 2.22. The third-order valence-electron chi connectivity index (χ3n) is 3.08. The van der Waals surface area contributed by atoms with Crippen molar-refractivity contribution in [2.75, 3.05) is 20.2 Å². The Morgan fingerprint density at radius 1 is 1.13 bits per heavy atom. The molecule has 0 fully saturated rings. The minimum atomic E-state index is -4.03. The molecule has 23 heavy (non-hydrogen) atoms. The first-order valence-corrected chi connectivity index (χ1v) is 8.43. The molecular formula is C15H14ClF2NO3S. The summed E-state index contributed by atoms with van der Waals surface area (Å²) >= 11 is 5.61. The lowest BCUT2D eigenvalue weighted by atomic mass is 10.3. The van der Waals surface area contributed by atoms with Crippen molar-refractivity contribution in [3.05, 3.63) is 59.1 Å². The normalized spacial score (nSPS) is 11.7. The van der Waals surface area contributed by atoms with Gasteiger partial charge in [-0.05, 0) is 30.3 Å². The maximum atomic E-state index is 13.8. The molecule has 0 bridgehead atoms. The number of benzene rings is 2. The highest BCUT2D eigenvalue weighted by Gasteiger charge is 2.24. The molecule has 124 valence electrons. The molecule has 0 unspecified atom stereocenters. The molecule has 2 aromatic carbocycles. The first-order valence-electron chi connectivity index (χ1n) is 6.61. The van der Waals surface area contributed by atoms with Crippen molar-refractivity contribution in [3.8, 4) is 5.75 Å². The lowest BCUT2D eigenvalue weighted by molar-refractivity contribution is 0.275. The van der Waals surface area contributed by atoms with Crippen LogP contribution in [0.5, 0.6) is 5.75 Å². The molecule has 0 N–H and O–H groups in total. The molecule has 0 radical (unpaired) electrons. The van der Waals surface area contributed by atoms with Crippen molar-refractivity contribution >= 4 is 21.6 Å². The van der Waals surface area contributed by atoms with Gasteiger partial charge in [0, 0.05) is 18.6 Å². The van der Waals surface area contributed by atoms with Gasteiger partial charge in [0.2, 0.25) is 10.0 Å². The van der Waals surface area contributed by atoms with Crippen LogP contribution in [0.15, 0.2) is 47.4 Å². The van der Waals surface area contributed by atoms with Gasteiger partial charge in [0.05, 0.1) is 0 Å². The zero-order valence-corrected chi connectivity index (χ0v) is 13.7. The molecule has 0 saturated heterocycles. The largest absolute Gasteiger partial charge is 0.489 e. The molecule has 0 aliphatic rings. The molecule has 2 rings (SSSR count). The predicted octanol–water partition coefficient (Wildman–Crippen LogP) is 3.32. The smallest absolute Gasteiger partial charge is 0.245 e. The molecule has 0 aliphatic heterocycles. The summed E-state index contributed by atoms with van der Waals surface area (Å²) in [6.45, 7) is -0.148. The van der Waals surface area contributed by atoms with E-state index in [0.717, 1.165) is 16.4 Å². The second kappa shape index (κ2) is 7.25. The average Bonchev–Trinajstić information content (AvgIpc) is 2.48. The summed E-state index contributed by atoms with van der Waals surface area (Å²) in [6.07, 6.45) is 0. The van der Waals surface area contributed by atoms with Crippen LogP contribution in [0.1, 0.15) is 0 Å². The van der Waals surface area contributed by atoms with E-state index in [1.165, 1.54) is 31.3 Å². The van der Waals surface area contributed by atoms with Gasteiger partial charge < -0.3 is 4.74 Å². The third kappa shape index (κ3) is 4.19. The first kappa shape index (κ1) is 17.7. The van der Waals surface area contributed by atoms with Gasteiger partial charge in [-0.3, -0.25) is 0 Å². The summed E-state index contributed by atoms with van der Waals surface area (Å²) in [6, 6.07) is 9.10. The Kier molecular flexibility index (Phi) is 5.56. The van der Waals surface area contributed by atoms with E-state index in [1.807, 2.05) is 0 Å². The number of para-hydroxylation sites is 1. The van der Waals surface area contributed by atoms with Crippen molar-refractivity contribution in [1.82, 2.24) is 4.31 Å². The number of ether oxygens (including phenoxy) is 1. The SMILES string of the molecule is CN(CCOc1ccccc1F)S(=O)(=O)c1ccc(Cl)cc1F. The summed E-state index contributed by atoms with van der Waals surface area (Å²) < 4.78 is 57.9. The number of nitrogens with zero attached hydrogens (tertiary/aromatic N) is 1. The van der Waals surface area contributed by atoms with Crippen molar-refractivity contribution < 1.29 is 21.9 Å². The van der Waals surface area contributed by atoms with Gasteiger partial charge in [0.1, 0.15) is 17.3 Å². The van der Waals surface area contributed by atoms with Gasteiger partial charge in [0.25, 0.3) is 0 Å². The van der Waals surface area contributed by atoms with Crippen LogP contribution < -0.4 is 4.74 Å². The van der Waals surface area contributed by atoms with E-state index >= 15 is 0 Å². The Balaban J connectivity index is 2.04. The van der Waals surface area contributed by atoms with E-state index in [4.69, 9.17) is 16.3 Å². The summed E-state index contributed by atoms with van der Waals surface area (Å²) in [5, 5.41) is 0.104. The van der Waals surface area contributed by atoms with Crippen LogP contribution in [0.4, 0.5) is 8.78 Å². The summed E-state index contributed by atoms with van der Waals surface area (Å²) in [5.74, 6) is -1.45. The number of sulfonamides is 1. The molecule has 0 amide bonds. The highest BCUT2D eigenvalue weighted by atomic mass is 35.5. The lowest BCUT2D eigenvalue weighted by Crippen LogP contribution is -2.31. The number of halogens is 3. The Bertz CT molecular complexity index is 799. The van der Waals surface area contributed by atoms with Crippen molar-refractivity contribution in [3.63, 3.8) is 0 Å². The van der Waals surface area contributed by atoms with Gasteiger partial charge in [0.15, 0.2) is 11.6 Å². The molecular weight excluding hydrogens is 348 g/mol. The number of rotatable bonds is 6. The fraction of sp³-hybridized carbons (Fsp3) is 0.200. The number of hydrogen-bond acceptors (Lipinski definition) is 3. The first-order chi connectivity index (χ1) is 10.8. The maximum absolute atomic E-state index is 13.8. The van der Waals surface area contributed by atoms with Crippen LogP contribution in [0.3, 0.4) is 0 Å². The topological polar surface area (TPSA) is 46.6 Å². The van der Waals surface area contributed by atoms with Crippen molar-refractivity contribution in [1.29, 1.82) is 0 Å². The maximum Gasteiger partial charge on any atom is 0.245 e. The van der Waals surface area contributed by atoms with Gasteiger partial charge >= 0.3 is 0 Å². The monoisotopic (exact) mass is 361 g/mol. The Labute approximate surface area is 138 Å². The quantitative estimate of drug-likeness (QED) is 0.793. The van der Waals surface area contributed by atoms with Gasteiger partial charge in [-0.15, -0.1) is 0 Å². The van der Waals surface area contributed by atoms with Gasteiger partial charge in [-0.2, -0.15) is 4.31 Å². The molecule has 0 aliphatic carbocycles. The molecule has 0 aromatic heterocycles. The predicted molar refractivity (Wildman–Crippen MR) is 83.1 cm³/mol. The summed E-state index contributed by atoms with van der Waals surface area (Å²) in [5.41, 5.74) is 0. The molecule has 0 atom stereocenters.